The van der Waals surface area contributed by atoms with E-state index in [9.17, 15) is 0 Å². The highest BCUT2D eigenvalue weighted by atomic mass is 32.1. The highest BCUT2D eigenvalue weighted by Crippen LogP contribution is 2.15. The van der Waals surface area contributed by atoms with E-state index in [1.54, 1.807) is 11.6 Å². The molecule has 0 aliphatic carbocycles. The van der Waals surface area contributed by atoms with Crippen LogP contribution in [-0.2, 0) is 0 Å². The van der Waals surface area contributed by atoms with Crippen LogP contribution in [0.3, 0.4) is 0 Å². The topological polar surface area (TPSA) is 67.4 Å². The van der Waals surface area contributed by atoms with Gasteiger partial charge in [0.25, 0.3) is 0 Å². The molecule has 0 bridgehead atoms. The maximum absolute atomic E-state index is 8.70. The van der Waals surface area contributed by atoms with Crippen LogP contribution in [0, 0.1) is 25.2 Å². The summed E-state index contributed by atoms with van der Waals surface area (Å²) in [6.45, 7) is 3.72. The zero-order valence-electron chi connectivity index (χ0n) is 7.72. The summed E-state index contributed by atoms with van der Waals surface area (Å²) in [4.78, 5) is 4.26. The van der Waals surface area contributed by atoms with Crippen molar-refractivity contribution >= 4 is 11.3 Å². The maximum atomic E-state index is 8.70. The van der Waals surface area contributed by atoms with Crippen LogP contribution in [0.1, 0.15) is 17.1 Å². The predicted molar refractivity (Wildman–Crippen MR) is 51.2 cm³/mol. The van der Waals surface area contributed by atoms with E-state index >= 15 is 0 Å². The van der Waals surface area contributed by atoms with Crippen molar-refractivity contribution in [3.63, 3.8) is 0 Å². The van der Waals surface area contributed by atoms with Crippen molar-refractivity contribution in [3.8, 4) is 11.2 Å². The summed E-state index contributed by atoms with van der Waals surface area (Å²) < 4.78 is 1.58. The van der Waals surface area contributed by atoms with Crippen molar-refractivity contribution < 1.29 is 0 Å². The van der Waals surface area contributed by atoms with E-state index in [0.29, 0.717) is 5.69 Å². The van der Waals surface area contributed by atoms with Crippen LogP contribution in [0.15, 0.2) is 5.38 Å². The molecule has 2 rings (SSSR count). The Bertz CT molecular complexity index is 504. The van der Waals surface area contributed by atoms with E-state index in [2.05, 4.69) is 15.3 Å². The van der Waals surface area contributed by atoms with E-state index in [4.69, 9.17) is 5.26 Å². The Hall–Kier alpha value is -1.74. The van der Waals surface area contributed by atoms with Crippen LogP contribution in [0.5, 0.6) is 0 Å². The summed E-state index contributed by atoms with van der Waals surface area (Å²) in [7, 11) is 0. The van der Waals surface area contributed by atoms with Crippen molar-refractivity contribution in [2.45, 2.75) is 13.8 Å². The van der Waals surface area contributed by atoms with Gasteiger partial charge in [0.15, 0.2) is 5.69 Å². The van der Waals surface area contributed by atoms with Crippen LogP contribution < -0.4 is 0 Å². The van der Waals surface area contributed by atoms with Crippen molar-refractivity contribution in [1.29, 1.82) is 5.26 Å². The van der Waals surface area contributed by atoms with Crippen molar-refractivity contribution in [3.05, 3.63) is 22.5 Å². The Labute approximate surface area is 84.6 Å². The third-order valence-corrected chi connectivity index (χ3v) is 2.72. The first-order chi connectivity index (χ1) is 6.72. The minimum Gasteiger partial charge on any atom is -0.224 e. The summed E-state index contributed by atoms with van der Waals surface area (Å²) in [5.41, 5.74) is 2.01. The first kappa shape index (κ1) is 8.84. The van der Waals surface area contributed by atoms with Crippen molar-refractivity contribution in [2.75, 3.05) is 0 Å². The second kappa shape index (κ2) is 3.20. The number of nitriles is 1. The van der Waals surface area contributed by atoms with Crippen LogP contribution >= 0.6 is 11.3 Å². The molecule has 2 aromatic heterocycles. The molecule has 0 spiro atoms. The second-order valence-corrected chi connectivity index (χ2v) is 3.66. The van der Waals surface area contributed by atoms with Gasteiger partial charge in [-0.15, -0.1) is 16.4 Å². The fourth-order valence-electron chi connectivity index (χ4n) is 1.05. The predicted octanol–water partition coefficient (Wildman–Crippen LogP) is 1.21. The van der Waals surface area contributed by atoms with Gasteiger partial charge in [-0.3, -0.25) is 0 Å². The average Bonchev–Trinajstić information content (AvgIpc) is 2.72. The Balaban J connectivity index is 2.53. The van der Waals surface area contributed by atoms with Gasteiger partial charge in [-0.25, -0.2) is 4.98 Å². The normalized spacial score (nSPS) is 10.1. The lowest BCUT2D eigenvalue weighted by molar-refractivity contribution is 0.776. The molecule has 0 aliphatic heterocycles. The summed E-state index contributed by atoms with van der Waals surface area (Å²) in [6.07, 6.45) is 0. The second-order valence-electron chi connectivity index (χ2n) is 2.82. The molecule has 0 saturated heterocycles. The highest BCUT2D eigenvalue weighted by Gasteiger charge is 2.11. The fraction of sp³-hybridized carbons (Fsp3) is 0.250. The molecule has 0 amide bonds. The average molecular weight is 205 g/mol. The van der Waals surface area contributed by atoms with Gasteiger partial charge >= 0.3 is 0 Å². The van der Waals surface area contributed by atoms with E-state index in [-0.39, 0.29) is 0 Å². The number of rotatable bonds is 1. The van der Waals surface area contributed by atoms with Crippen LogP contribution in [0.25, 0.3) is 5.13 Å². The first-order valence-corrected chi connectivity index (χ1v) is 4.85. The van der Waals surface area contributed by atoms with Gasteiger partial charge < -0.3 is 0 Å². The number of thiazole rings is 1. The van der Waals surface area contributed by atoms with E-state index in [0.717, 1.165) is 16.5 Å². The number of hydrogen-bond acceptors (Lipinski definition) is 5. The Morgan fingerprint density at radius 3 is 2.79 bits per heavy atom. The fourth-order valence-corrected chi connectivity index (χ4v) is 1.85. The van der Waals surface area contributed by atoms with Gasteiger partial charge in [-0.1, -0.05) is 5.21 Å². The summed E-state index contributed by atoms with van der Waals surface area (Å²) >= 11 is 1.48. The molecule has 0 saturated carbocycles. The van der Waals surface area contributed by atoms with Gasteiger partial charge in [0.2, 0.25) is 5.13 Å². The highest BCUT2D eigenvalue weighted by molar-refractivity contribution is 7.12. The molecule has 0 N–H and O–H groups in total. The summed E-state index contributed by atoms with van der Waals surface area (Å²) in [6, 6.07) is 1.97. The lowest BCUT2D eigenvalue weighted by Crippen LogP contribution is -1.98. The lowest BCUT2D eigenvalue weighted by Gasteiger charge is -1.94. The first-order valence-electron chi connectivity index (χ1n) is 3.97. The van der Waals surface area contributed by atoms with Gasteiger partial charge in [-0.05, 0) is 13.8 Å². The molecule has 5 nitrogen and oxygen atoms in total. The molecule has 2 aromatic rings. The molecule has 0 atom stereocenters. The van der Waals surface area contributed by atoms with E-state index in [1.807, 2.05) is 18.4 Å². The Morgan fingerprint density at radius 2 is 2.29 bits per heavy atom. The molecule has 70 valence electrons. The Kier molecular flexibility index (Phi) is 2.02. The molecular weight excluding hydrogens is 198 g/mol. The maximum Gasteiger partial charge on any atom is 0.212 e. The van der Waals surface area contributed by atoms with Gasteiger partial charge in [0.1, 0.15) is 6.07 Å². The summed E-state index contributed by atoms with van der Waals surface area (Å²) in [5.74, 6) is 0. The van der Waals surface area contributed by atoms with Gasteiger partial charge in [0, 0.05) is 5.38 Å². The molecule has 6 heteroatoms. The van der Waals surface area contributed by atoms with E-state index < -0.39 is 0 Å². The minimum atomic E-state index is 0.345. The zero-order valence-corrected chi connectivity index (χ0v) is 8.54. The molecule has 2 heterocycles. The molecule has 14 heavy (non-hydrogen) atoms. The van der Waals surface area contributed by atoms with Crippen LogP contribution in [0.2, 0.25) is 0 Å². The minimum absolute atomic E-state index is 0.345. The third-order valence-electron chi connectivity index (χ3n) is 1.79. The molecule has 0 fully saturated rings. The van der Waals surface area contributed by atoms with Gasteiger partial charge in [0.05, 0.1) is 11.4 Å². The number of aromatic nitrogens is 4. The standard InChI is InChI=1S/C8H7N5S/c1-5-4-14-8(10-5)13-6(2)7(3-9)11-12-13/h4H,1-2H3. The largest absolute Gasteiger partial charge is 0.224 e. The van der Waals surface area contributed by atoms with Crippen molar-refractivity contribution in [2.24, 2.45) is 0 Å². The van der Waals surface area contributed by atoms with Crippen LogP contribution in [0.4, 0.5) is 0 Å². The monoisotopic (exact) mass is 205 g/mol. The molecule has 0 unspecified atom stereocenters. The SMILES string of the molecule is Cc1csc(-n2nnc(C#N)c2C)n1. The third kappa shape index (κ3) is 1.28. The molecule has 0 aliphatic rings. The van der Waals surface area contributed by atoms with Gasteiger partial charge in [-0.2, -0.15) is 9.94 Å². The quantitative estimate of drug-likeness (QED) is 0.701. The smallest absolute Gasteiger partial charge is 0.212 e. The van der Waals surface area contributed by atoms with Crippen LogP contribution in [-0.4, -0.2) is 20.0 Å². The van der Waals surface area contributed by atoms with Crippen molar-refractivity contribution in [1.82, 2.24) is 20.0 Å². The molecular formula is C8H7N5S. The number of nitrogens with zero attached hydrogens (tertiary/aromatic N) is 5. The Morgan fingerprint density at radius 1 is 1.50 bits per heavy atom. The number of aryl methyl sites for hydroxylation is 1. The van der Waals surface area contributed by atoms with E-state index in [1.165, 1.54) is 11.3 Å². The number of hydrogen-bond donors (Lipinski definition) is 0. The molecule has 0 radical (unpaired) electrons. The molecule has 0 aromatic carbocycles. The lowest BCUT2D eigenvalue weighted by atomic mass is 10.4. The zero-order chi connectivity index (χ0) is 10.1. The summed E-state index contributed by atoms with van der Waals surface area (Å²) in [5, 5.41) is 19.0.